The van der Waals surface area contributed by atoms with Crippen LogP contribution in [0.1, 0.15) is 0 Å². The normalized spacial score (nSPS) is 26.2. The summed E-state index contributed by atoms with van der Waals surface area (Å²) in [7, 11) is 1.71. The second-order valence-corrected chi connectivity index (χ2v) is 2.59. The number of aliphatic hydroxyl groups excluding tert-OH is 1. The number of rotatable bonds is 1. The topological polar surface area (TPSA) is 40.5 Å². The van der Waals surface area contributed by atoms with Gasteiger partial charge in [-0.3, -0.25) is 4.79 Å². The van der Waals surface area contributed by atoms with E-state index in [9.17, 15) is 4.79 Å². The lowest BCUT2D eigenvalue weighted by Crippen LogP contribution is -2.19. The fourth-order valence-electron chi connectivity index (χ4n) is 1.11. The van der Waals surface area contributed by atoms with E-state index in [0.717, 1.165) is 0 Å². The van der Waals surface area contributed by atoms with Crippen LogP contribution in [0.2, 0.25) is 0 Å². The predicted octanol–water partition coefficient (Wildman–Crippen LogP) is -0.377. The lowest BCUT2D eigenvalue weighted by molar-refractivity contribution is -0.123. The molecule has 0 saturated carbocycles. The molecule has 1 aliphatic rings. The highest BCUT2D eigenvalue weighted by molar-refractivity contribution is 5.95. The molecule has 3 heteroatoms. The van der Waals surface area contributed by atoms with Crippen molar-refractivity contribution in [1.29, 1.82) is 0 Å². The minimum atomic E-state index is -0.0440. The van der Waals surface area contributed by atoms with Crippen LogP contribution >= 0.6 is 0 Å². The second kappa shape index (κ2) is 2.42. The first kappa shape index (κ1) is 7.28. The van der Waals surface area contributed by atoms with E-state index in [0.29, 0.717) is 12.1 Å². The van der Waals surface area contributed by atoms with Crippen LogP contribution in [-0.2, 0) is 4.79 Å². The molecule has 1 amide bonds. The van der Waals surface area contributed by atoms with Crippen LogP contribution in [0.4, 0.5) is 0 Å². The SMILES string of the molecule is C=C1C(=O)N(C)CC1CO. The van der Waals surface area contributed by atoms with Crippen molar-refractivity contribution in [2.75, 3.05) is 20.2 Å². The van der Waals surface area contributed by atoms with Crippen LogP contribution in [0.15, 0.2) is 12.2 Å². The Kier molecular flexibility index (Phi) is 1.76. The van der Waals surface area contributed by atoms with Crippen molar-refractivity contribution in [3.8, 4) is 0 Å². The standard InChI is InChI=1S/C7H11NO2/c1-5-6(4-9)3-8(2)7(5)10/h6,9H,1,3-4H2,2H3. The number of hydrogen-bond donors (Lipinski definition) is 1. The maximum atomic E-state index is 11.0. The number of hydrogen-bond acceptors (Lipinski definition) is 2. The molecule has 0 aromatic carbocycles. The summed E-state index contributed by atoms with van der Waals surface area (Å²) in [6, 6.07) is 0. The second-order valence-electron chi connectivity index (χ2n) is 2.59. The Hall–Kier alpha value is -0.830. The monoisotopic (exact) mass is 141 g/mol. The van der Waals surface area contributed by atoms with Crippen molar-refractivity contribution in [2.45, 2.75) is 0 Å². The summed E-state index contributed by atoms with van der Waals surface area (Å²) in [4.78, 5) is 12.6. The summed E-state index contributed by atoms with van der Waals surface area (Å²) in [5.41, 5.74) is 0.532. The Morgan fingerprint density at radius 1 is 1.90 bits per heavy atom. The Labute approximate surface area is 59.9 Å². The van der Waals surface area contributed by atoms with E-state index in [1.54, 1.807) is 11.9 Å². The van der Waals surface area contributed by atoms with Gasteiger partial charge in [-0.2, -0.15) is 0 Å². The molecular weight excluding hydrogens is 130 g/mol. The third-order valence-corrected chi connectivity index (χ3v) is 1.83. The van der Waals surface area contributed by atoms with Gasteiger partial charge in [0.05, 0.1) is 6.61 Å². The lowest BCUT2D eigenvalue weighted by atomic mass is 10.1. The fraction of sp³-hybridized carbons (Fsp3) is 0.571. The molecule has 1 unspecified atom stereocenters. The highest BCUT2D eigenvalue weighted by Crippen LogP contribution is 2.19. The van der Waals surface area contributed by atoms with Gasteiger partial charge in [-0.15, -0.1) is 0 Å². The minimum absolute atomic E-state index is 0.0227. The molecule has 10 heavy (non-hydrogen) atoms. The predicted molar refractivity (Wildman–Crippen MR) is 37.4 cm³/mol. The van der Waals surface area contributed by atoms with Crippen molar-refractivity contribution >= 4 is 5.91 Å². The first-order valence-corrected chi connectivity index (χ1v) is 3.22. The lowest BCUT2D eigenvalue weighted by Gasteiger charge is -2.05. The molecule has 1 fully saturated rings. The zero-order valence-electron chi connectivity index (χ0n) is 6.00. The van der Waals surface area contributed by atoms with E-state index in [2.05, 4.69) is 6.58 Å². The van der Waals surface area contributed by atoms with E-state index in [1.165, 1.54) is 0 Å². The average molecular weight is 141 g/mol. The van der Waals surface area contributed by atoms with Crippen molar-refractivity contribution in [1.82, 2.24) is 4.90 Å². The number of carbonyl (C=O) groups is 1. The number of likely N-dealkylation sites (N-methyl/N-ethyl adjacent to an activating group) is 1. The van der Waals surface area contributed by atoms with Crippen molar-refractivity contribution in [3.63, 3.8) is 0 Å². The van der Waals surface area contributed by atoms with Crippen LogP contribution in [0.25, 0.3) is 0 Å². The zero-order valence-corrected chi connectivity index (χ0v) is 6.00. The van der Waals surface area contributed by atoms with E-state index < -0.39 is 0 Å². The number of likely N-dealkylation sites (tertiary alicyclic amines) is 1. The molecule has 0 spiro atoms. The van der Waals surface area contributed by atoms with Gasteiger partial charge in [0, 0.05) is 25.1 Å². The molecule has 0 radical (unpaired) electrons. The van der Waals surface area contributed by atoms with E-state index in [-0.39, 0.29) is 18.4 Å². The van der Waals surface area contributed by atoms with Crippen LogP contribution < -0.4 is 0 Å². The largest absolute Gasteiger partial charge is 0.396 e. The third-order valence-electron chi connectivity index (χ3n) is 1.83. The van der Waals surface area contributed by atoms with Gasteiger partial charge in [0.25, 0.3) is 0 Å². The van der Waals surface area contributed by atoms with Gasteiger partial charge >= 0.3 is 0 Å². The van der Waals surface area contributed by atoms with Crippen molar-refractivity contribution < 1.29 is 9.90 Å². The Morgan fingerprint density at radius 2 is 2.50 bits per heavy atom. The summed E-state index contributed by atoms with van der Waals surface area (Å²) >= 11 is 0. The minimum Gasteiger partial charge on any atom is -0.396 e. The summed E-state index contributed by atoms with van der Waals surface area (Å²) in [6.07, 6.45) is 0. The number of aliphatic hydroxyl groups is 1. The van der Waals surface area contributed by atoms with Crippen LogP contribution in [0.3, 0.4) is 0 Å². The van der Waals surface area contributed by atoms with Crippen molar-refractivity contribution in [3.05, 3.63) is 12.2 Å². The molecule has 0 aromatic rings. The van der Waals surface area contributed by atoms with Gasteiger partial charge < -0.3 is 10.0 Å². The Morgan fingerprint density at radius 3 is 2.70 bits per heavy atom. The highest BCUT2D eigenvalue weighted by atomic mass is 16.3. The first-order valence-electron chi connectivity index (χ1n) is 3.22. The maximum Gasteiger partial charge on any atom is 0.249 e. The van der Waals surface area contributed by atoms with Crippen LogP contribution in [0, 0.1) is 5.92 Å². The molecule has 1 rings (SSSR count). The molecular formula is C7H11NO2. The van der Waals surface area contributed by atoms with E-state index in [1.807, 2.05) is 0 Å². The van der Waals surface area contributed by atoms with Gasteiger partial charge in [-0.1, -0.05) is 6.58 Å². The molecule has 3 nitrogen and oxygen atoms in total. The Balaban J connectivity index is 2.71. The quantitative estimate of drug-likeness (QED) is 0.506. The third kappa shape index (κ3) is 0.926. The molecule has 1 saturated heterocycles. The summed E-state index contributed by atoms with van der Waals surface area (Å²) in [5.74, 6) is -0.0865. The number of nitrogens with zero attached hydrogens (tertiary/aromatic N) is 1. The highest BCUT2D eigenvalue weighted by Gasteiger charge is 2.30. The van der Waals surface area contributed by atoms with E-state index >= 15 is 0 Å². The van der Waals surface area contributed by atoms with Gasteiger partial charge in [0.2, 0.25) is 5.91 Å². The average Bonchev–Trinajstić information content (AvgIpc) is 2.17. The maximum absolute atomic E-state index is 11.0. The molecule has 0 aromatic heterocycles. The van der Waals surface area contributed by atoms with Gasteiger partial charge in [-0.25, -0.2) is 0 Å². The number of carbonyl (C=O) groups excluding carboxylic acids is 1. The molecule has 56 valence electrons. The summed E-state index contributed by atoms with van der Waals surface area (Å²) < 4.78 is 0. The van der Waals surface area contributed by atoms with Gasteiger partial charge in [0.1, 0.15) is 0 Å². The molecule has 1 N–H and O–H groups in total. The first-order chi connectivity index (χ1) is 4.66. The van der Waals surface area contributed by atoms with Crippen LogP contribution in [-0.4, -0.2) is 36.1 Å². The molecule has 0 bridgehead atoms. The Bertz CT molecular complexity index is 176. The fourth-order valence-corrected chi connectivity index (χ4v) is 1.11. The molecule has 1 aliphatic heterocycles. The smallest absolute Gasteiger partial charge is 0.249 e. The summed E-state index contributed by atoms with van der Waals surface area (Å²) in [6.45, 7) is 4.21. The van der Waals surface area contributed by atoms with Gasteiger partial charge in [-0.05, 0) is 0 Å². The van der Waals surface area contributed by atoms with Crippen LogP contribution in [0.5, 0.6) is 0 Å². The zero-order chi connectivity index (χ0) is 7.72. The summed E-state index contributed by atoms with van der Waals surface area (Å²) in [5, 5.41) is 8.73. The van der Waals surface area contributed by atoms with Gasteiger partial charge in [0.15, 0.2) is 0 Å². The van der Waals surface area contributed by atoms with Crippen molar-refractivity contribution in [2.24, 2.45) is 5.92 Å². The van der Waals surface area contributed by atoms with E-state index in [4.69, 9.17) is 5.11 Å². The molecule has 1 atom stereocenters. The molecule has 1 heterocycles. The number of amides is 1. The molecule has 0 aliphatic carbocycles.